The van der Waals surface area contributed by atoms with Gasteiger partial charge in [-0.1, -0.05) is 129 Å². The molecule has 0 bridgehead atoms. The summed E-state index contributed by atoms with van der Waals surface area (Å²) in [7, 11) is 0. The third-order valence-corrected chi connectivity index (χ3v) is 5.97. The van der Waals surface area contributed by atoms with Crippen LogP contribution in [-0.4, -0.2) is 32.1 Å². The summed E-state index contributed by atoms with van der Waals surface area (Å²) in [5, 5.41) is 16.9. The number of carbonyl (C=O) groups is 2. The highest BCUT2D eigenvalue weighted by Gasteiger charge is 1.97. The van der Waals surface area contributed by atoms with Crippen molar-refractivity contribution in [2.75, 3.05) is 0 Å². The van der Waals surface area contributed by atoms with Crippen LogP contribution >= 0.6 is 0 Å². The molecule has 6 nitrogen and oxygen atoms in total. The quantitative estimate of drug-likeness (QED) is 0.151. The van der Waals surface area contributed by atoms with E-state index in [2.05, 4.69) is 23.8 Å². The molecule has 0 fully saturated rings. The number of unbranched alkanes of at least 4 members (excludes halogenated alkanes) is 18. The average Bonchev–Trinajstić information content (AvgIpc) is 2.88. The Balaban J connectivity index is 0. The third kappa shape index (κ3) is 39.2. The van der Waals surface area contributed by atoms with Gasteiger partial charge in [0, 0.05) is 37.6 Å². The fourth-order valence-electron chi connectivity index (χ4n) is 3.78. The lowest BCUT2D eigenvalue weighted by Crippen LogP contribution is -1.93. The molecule has 0 aliphatic heterocycles. The van der Waals surface area contributed by atoms with Crippen LogP contribution in [0.2, 0.25) is 0 Å². The van der Waals surface area contributed by atoms with Crippen LogP contribution in [-0.2, 0) is 9.59 Å². The van der Waals surface area contributed by atoms with E-state index in [1.165, 1.54) is 103 Å². The van der Waals surface area contributed by atoms with E-state index in [9.17, 15) is 9.59 Å². The summed E-state index contributed by atoms with van der Waals surface area (Å²) in [6.45, 7) is 4.48. The zero-order chi connectivity index (χ0) is 27.0. The molecule has 0 aliphatic carbocycles. The Hall–Kier alpha value is -1.98. The number of rotatable bonds is 22. The molecule has 1 rings (SSSR count). The van der Waals surface area contributed by atoms with Gasteiger partial charge in [0.2, 0.25) is 0 Å². The van der Waals surface area contributed by atoms with Gasteiger partial charge in [0.1, 0.15) is 0 Å². The van der Waals surface area contributed by atoms with E-state index < -0.39 is 11.9 Å². The number of carboxylic acids is 2. The first-order valence-electron chi connectivity index (χ1n) is 14.7. The molecule has 0 aromatic carbocycles. The molecule has 0 saturated heterocycles. The van der Waals surface area contributed by atoms with Gasteiger partial charge in [-0.15, -0.1) is 0 Å². The summed E-state index contributed by atoms with van der Waals surface area (Å²) in [6.07, 6.45) is 32.4. The number of aromatic nitrogens is 2. The van der Waals surface area contributed by atoms with E-state index in [0.29, 0.717) is 12.8 Å². The number of hydrogen-bond donors (Lipinski definition) is 2. The Morgan fingerprint density at radius 1 is 0.444 bits per heavy atom. The molecule has 36 heavy (non-hydrogen) atoms. The highest BCUT2D eigenvalue weighted by molar-refractivity contribution is 5.66. The summed E-state index contributed by atoms with van der Waals surface area (Å²) in [4.78, 5) is 27.9. The van der Waals surface area contributed by atoms with Crippen LogP contribution < -0.4 is 0 Å². The van der Waals surface area contributed by atoms with Gasteiger partial charge in [0.25, 0.3) is 0 Å². The zero-order valence-corrected chi connectivity index (χ0v) is 23.5. The zero-order valence-electron chi connectivity index (χ0n) is 23.5. The predicted molar refractivity (Wildman–Crippen MR) is 150 cm³/mol. The van der Waals surface area contributed by atoms with Crippen molar-refractivity contribution in [2.45, 2.75) is 155 Å². The van der Waals surface area contributed by atoms with Crippen LogP contribution in [0.25, 0.3) is 0 Å². The lowest BCUT2D eigenvalue weighted by molar-refractivity contribution is -0.138. The minimum Gasteiger partial charge on any atom is -0.481 e. The highest BCUT2D eigenvalue weighted by atomic mass is 16.4. The standard InChI is InChI=1S/2C13H26O2.C4H4N2/c2*1-2-3-4-5-6-7-8-9-10-11-12-13(14)15;1-2-6-4-3-5-1/h2*2-12H2,1H3,(H,14,15);1-4H. The van der Waals surface area contributed by atoms with E-state index in [4.69, 9.17) is 10.2 Å². The Bertz CT molecular complexity index is 494. The molecular weight excluding hydrogens is 452 g/mol. The summed E-state index contributed by atoms with van der Waals surface area (Å²) in [5.74, 6) is -1.32. The molecule has 0 radical (unpaired) electrons. The monoisotopic (exact) mass is 508 g/mol. The first kappa shape index (κ1) is 36.2. The second-order valence-electron chi connectivity index (χ2n) is 9.55. The maximum Gasteiger partial charge on any atom is 0.303 e. The van der Waals surface area contributed by atoms with E-state index >= 15 is 0 Å². The number of aliphatic carboxylic acids is 2. The van der Waals surface area contributed by atoms with Gasteiger partial charge >= 0.3 is 11.9 Å². The molecule has 0 unspecified atom stereocenters. The molecule has 1 heterocycles. The van der Waals surface area contributed by atoms with Crippen molar-refractivity contribution in [3.05, 3.63) is 24.8 Å². The van der Waals surface area contributed by atoms with Crippen molar-refractivity contribution in [1.29, 1.82) is 0 Å². The topological polar surface area (TPSA) is 100 Å². The molecule has 2 N–H and O–H groups in total. The maximum absolute atomic E-state index is 10.2. The van der Waals surface area contributed by atoms with Gasteiger partial charge in [0.15, 0.2) is 0 Å². The van der Waals surface area contributed by atoms with Crippen molar-refractivity contribution in [3.63, 3.8) is 0 Å². The fourth-order valence-corrected chi connectivity index (χ4v) is 3.78. The molecule has 210 valence electrons. The van der Waals surface area contributed by atoms with Crippen molar-refractivity contribution >= 4 is 11.9 Å². The minimum absolute atomic E-state index is 0.344. The van der Waals surface area contributed by atoms with Gasteiger partial charge in [-0.05, 0) is 12.8 Å². The molecule has 0 amide bonds. The van der Waals surface area contributed by atoms with E-state index in [1.807, 2.05) is 0 Å². The van der Waals surface area contributed by atoms with Crippen LogP contribution in [0.15, 0.2) is 24.8 Å². The first-order valence-corrected chi connectivity index (χ1v) is 14.7. The Kier molecular flexibility index (Phi) is 33.2. The van der Waals surface area contributed by atoms with Crippen LogP contribution in [0.4, 0.5) is 0 Å². The lowest BCUT2D eigenvalue weighted by Gasteiger charge is -2.01. The first-order chi connectivity index (χ1) is 17.5. The molecule has 1 aromatic heterocycles. The van der Waals surface area contributed by atoms with Crippen molar-refractivity contribution in [3.8, 4) is 0 Å². The smallest absolute Gasteiger partial charge is 0.303 e. The second kappa shape index (κ2) is 33.0. The summed E-state index contributed by atoms with van der Waals surface area (Å²) >= 11 is 0. The van der Waals surface area contributed by atoms with Crippen molar-refractivity contribution in [2.24, 2.45) is 0 Å². The molecule has 0 spiro atoms. The number of hydrogen-bond acceptors (Lipinski definition) is 4. The van der Waals surface area contributed by atoms with Gasteiger partial charge in [-0.25, -0.2) is 0 Å². The Morgan fingerprint density at radius 3 is 0.861 bits per heavy atom. The number of nitrogens with zero attached hydrogens (tertiary/aromatic N) is 2. The normalized spacial score (nSPS) is 10.1. The highest BCUT2D eigenvalue weighted by Crippen LogP contribution is 2.12. The SMILES string of the molecule is CCCCCCCCCCCCC(=O)O.CCCCCCCCCCCCC(=O)O.c1cnccn1. The third-order valence-electron chi connectivity index (χ3n) is 5.97. The van der Waals surface area contributed by atoms with Crippen LogP contribution in [0, 0.1) is 0 Å². The molecule has 0 saturated carbocycles. The van der Waals surface area contributed by atoms with E-state index in [0.717, 1.165) is 25.7 Å². The summed E-state index contributed by atoms with van der Waals surface area (Å²) < 4.78 is 0. The van der Waals surface area contributed by atoms with Crippen LogP contribution in [0.5, 0.6) is 0 Å². The van der Waals surface area contributed by atoms with Crippen molar-refractivity contribution in [1.82, 2.24) is 9.97 Å². The van der Waals surface area contributed by atoms with Gasteiger partial charge < -0.3 is 10.2 Å². The molecule has 0 atom stereocenters. The Morgan fingerprint density at radius 2 is 0.667 bits per heavy atom. The maximum atomic E-state index is 10.2. The fraction of sp³-hybridized carbons (Fsp3) is 0.800. The van der Waals surface area contributed by atoms with Gasteiger partial charge in [-0.3, -0.25) is 19.6 Å². The summed E-state index contributed by atoms with van der Waals surface area (Å²) in [5.41, 5.74) is 0. The number of carboxylic acid groups (broad SMARTS) is 2. The molecule has 1 aromatic rings. The summed E-state index contributed by atoms with van der Waals surface area (Å²) in [6, 6.07) is 0. The predicted octanol–water partition coefficient (Wildman–Crippen LogP) is 9.24. The molecule has 6 heteroatoms. The molecular formula is C30H56N2O4. The van der Waals surface area contributed by atoms with Gasteiger partial charge in [-0.2, -0.15) is 0 Å². The minimum atomic E-state index is -0.658. The van der Waals surface area contributed by atoms with Crippen molar-refractivity contribution < 1.29 is 19.8 Å². The van der Waals surface area contributed by atoms with E-state index in [1.54, 1.807) is 24.8 Å². The van der Waals surface area contributed by atoms with Gasteiger partial charge in [0.05, 0.1) is 0 Å². The second-order valence-corrected chi connectivity index (χ2v) is 9.55. The Labute approximate surface area is 221 Å². The van der Waals surface area contributed by atoms with E-state index in [-0.39, 0.29) is 0 Å². The van der Waals surface area contributed by atoms with Crippen LogP contribution in [0.3, 0.4) is 0 Å². The van der Waals surface area contributed by atoms with Crippen LogP contribution in [0.1, 0.15) is 155 Å². The average molecular weight is 509 g/mol. The molecule has 0 aliphatic rings. The largest absolute Gasteiger partial charge is 0.481 e. The lowest BCUT2D eigenvalue weighted by atomic mass is 10.1.